The molecule has 3 aromatic carbocycles. The Balaban J connectivity index is 1.88. The number of phenolic OH excluding ortho intramolecular Hbond substituents is 2. The van der Waals surface area contributed by atoms with Crippen molar-refractivity contribution in [3.63, 3.8) is 0 Å². The Bertz CT molecular complexity index is 879. The van der Waals surface area contributed by atoms with Crippen molar-refractivity contribution in [1.82, 2.24) is 0 Å². The maximum Gasteiger partial charge on any atom is 0.189 e. The molecule has 0 aliphatic rings. The van der Waals surface area contributed by atoms with Gasteiger partial charge in [0, 0.05) is 0 Å². The SMILES string of the molecule is O=C(C=Cc1ccc2ccccc2c1)c1cc(O)ccc1O. The van der Waals surface area contributed by atoms with Crippen LogP contribution >= 0.6 is 0 Å². The number of benzene rings is 3. The summed E-state index contributed by atoms with van der Waals surface area (Å²) < 4.78 is 0. The second-order valence-corrected chi connectivity index (χ2v) is 5.01. The van der Waals surface area contributed by atoms with Gasteiger partial charge in [-0.3, -0.25) is 4.79 Å². The fraction of sp³-hybridized carbons (Fsp3) is 0. The Morgan fingerprint density at radius 3 is 2.45 bits per heavy atom. The number of carbonyl (C=O) groups is 1. The first-order valence-electron chi connectivity index (χ1n) is 6.87. The van der Waals surface area contributed by atoms with Crippen LogP contribution in [0, 0.1) is 0 Å². The molecule has 0 aliphatic carbocycles. The Morgan fingerprint density at radius 1 is 0.864 bits per heavy atom. The Morgan fingerprint density at radius 2 is 1.64 bits per heavy atom. The van der Waals surface area contributed by atoms with E-state index >= 15 is 0 Å². The summed E-state index contributed by atoms with van der Waals surface area (Å²) >= 11 is 0. The van der Waals surface area contributed by atoms with Crippen molar-refractivity contribution in [1.29, 1.82) is 0 Å². The van der Waals surface area contributed by atoms with Crippen molar-refractivity contribution in [3.8, 4) is 11.5 Å². The van der Waals surface area contributed by atoms with E-state index in [0.29, 0.717) is 0 Å². The second kappa shape index (κ2) is 5.74. The molecule has 22 heavy (non-hydrogen) atoms. The zero-order valence-electron chi connectivity index (χ0n) is 11.7. The number of allylic oxidation sites excluding steroid dienone is 1. The summed E-state index contributed by atoms with van der Waals surface area (Å²) in [5.41, 5.74) is 0.976. The summed E-state index contributed by atoms with van der Waals surface area (Å²) in [6, 6.07) is 17.8. The van der Waals surface area contributed by atoms with Gasteiger partial charge in [0.2, 0.25) is 0 Å². The first kappa shape index (κ1) is 13.9. The molecular weight excluding hydrogens is 276 g/mol. The standard InChI is InChI=1S/C19H14O3/c20-16-8-10-19(22)17(12-16)18(21)9-6-13-5-7-14-3-1-2-4-15(14)11-13/h1-12,20,22H. The summed E-state index contributed by atoms with van der Waals surface area (Å²) in [5.74, 6) is -0.562. The molecule has 0 amide bonds. The third-order valence-corrected chi connectivity index (χ3v) is 3.45. The average Bonchev–Trinajstić information content (AvgIpc) is 2.54. The fourth-order valence-electron chi connectivity index (χ4n) is 2.29. The molecule has 0 atom stereocenters. The zero-order valence-corrected chi connectivity index (χ0v) is 11.7. The molecule has 108 valence electrons. The lowest BCUT2D eigenvalue weighted by molar-refractivity contribution is 0.104. The number of ketones is 1. The molecule has 3 nitrogen and oxygen atoms in total. The first-order chi connectivity index (χ1) is 10.6. The van der Waals surface area contributed by atoms with E-state index in [-0.39, 0.29) is 22.8 Å². The molecular formula is C19H14O3. The van der Waals surface area contributed by atoms with Crippen LogP contribution in [0.1, 0.15) is 15.9 Å². The minimum Gasteiger partial charge on any atom is -0.508 e. The van der Waals surface area contributed by atoms with Crippen LogP contribution in [-0.2, 0) is 0 Å². The fourth-order valence-corrected chi connectivity index (χ4v) is 2.29. The lowest BCUT2D eigenvalue weighted by Gasteiger charge is -2.02. The van der Waals surface area contributed by atoms with Crippen LogP contribution in [0.4, 0.5) is 0 Å². The third-order valence-electron chi connectivity index (χ3n) is 3.45. The smallest absolute Gasteiger partial charge is 0.189 e. The average molecular weight is 290 g/mol. The highest BCUT2D eigenvalue weighted by molar-refractivity contribution is 6.09. The predicted octanol–water partition coefficient (Wildman–Crippen LogP) is 4.15. The first-order valence-corrected chi connectivity index (χ1v) is 6.87. The van der Waals surface area contributed by atoms with Crippen LogP contribution in [0.15, 0.2) is 66.7 Å². The van der Waals surface area contributed by atoms with E-state index in [1.807, 2.05) is 42.5 Å². The zero-order chi connectivity index (χ0) is 15.5. The van der Waals surface area contributed by atoms with Crippen molar-refractivity contribution in [2.75, 3.05) is 0 Å². The van der Waals surface area contributed by atoms with Gasteiger partial charge < -0.3 is 10.2 Å². The molecule has 2 N–H and O–H groups in total. The van der Waals surface area contributed by atoms with E-state index in [0.717, 1.165) is 16.3 Å². The molecule has 3 aromatic rings. The molecule has 0 aromatic heterocycles. The van der Waals surface area contributed by atoms with Gasteiger partial charge in [-0.15, -0.1) is 0 Å². The van der Waals surface area contributed by atoms with E-state index in [1.165, 1.54) is 24.3 Å². The monoisotopic (exact) mass is 290 g/mol. The van der Waals surface area contributed by atoms with Gasteiger partial charge in [-0.25, -0.2) is 0 Å². The van der Waals surface area contributed by atoms with Crippen molar-refractivity contribution in [2.45, 2.75) is 0 Å². The number of aromatic hydroxyl groups is 2. The Kier molecular flexibility index (Phi) is 3.62. The molecule has 0 saturated heterocycles. The minimum atomic E-state index is -0.360. The highest BCUT2D eigenvalue weighted by Crippen LogP contribution is 2.23. The van der Waals surface area contributed by atoms with Gasteiger partial charge in [0.25, 0.3) is 0 Å². The third kappa shape index (κ3) is 2.83. The van der Waals surface area contributed by atoms with E-state index < -0.39 is 0 Å². The number of fused-ring (bicyclic) bond motifs is 1. The number of hydrogen-bond donors (Lipinski definition) is 2. The van der Waals surface area contributed by atoms with E-state index in [2.05, 4.69) is 0 Å². The van der Waals surface area contributed by atoms with Crippen molar-refractivity contribution in [3.05, 3.63) is 77.9 Å². The van der Waals surface area contributed by atoms with Crippen LogP contribution in [0.5, 0.6) is 11.5 Å². The summed E-state index contributed by atoms with van der Waals surface area (Å²) in [7, 11) is 0. The molecule has 0 bridgehead atoms. The van der Waals surface area contributed by atoms with Gasteiger partial charge in [0.05, 0.1) is 5.56 Å². The largest absolute Gasteiger partial charge is 0.508 e. The van der Waals surface area contributed by atoms with Crippen molar-refractivity contribution >= 4 is 22.6 Å². The molecule has 3 rings (SSSR count). The van der Waals surface area contributed by atoms with Gasteiger partial charge in [0.15, 0.2) is 5.78 Å². The van der Waals surface area contributed by atoms with E-state index in [9.17, 15) is 15.0 Å². The second-order valence-electron chi connectivity index (χ2n) is 5.01. The van der Waals surface area contributed by atoms with Gasteiger partial charge in [-0.2, -0.15) is 0 Å². The normalized spacial score (nSPS) is 11.1. The number of hydrogen-bond acceptors (Lipinski definition) is 3. The lowest BCUT2D eigenvalue weighted by atomic mass is 10.0. The molecule has 3 heteroatoms. The predicted molar refractivity (Wildman–Crippen MR) is 87.1 cm³/mol. The highest BCUT2D eigenvalue weighted by Gasteiger charge is 2.09. The van der Waals surface area contributed by atoms with Crippen LogP contribution in [0.2, 0.25) is 0 Å². The number of carbonyl (C=O) groups excluding carboxylic acids is 1. The topological polar surface area (TPSA) is 57.5 Å². The summed E-state index contributed by atoms with van der Waals surface area (Å²) in [5, 5.41) is 21.3. The molecule has 0 radical (unpaired) electrons. The number of rotatable bonds is 3. The van der Waals surface area contributed by atoms with E-state index in [1.54, 1.807) is 6.08 Å². The molecule has 0 fully saturated rings. The summed E-state index contributed by atoms with van der Waals surface area (Å²) in [4.78, 5) is 12.1. The Labute approximate surface area is 127 Å². The van der Waals surface area contributed by atoms with Crippen molar-refractivity contribution < 1.29 is 15.0 Å². The van der Waals surface area contributed by atoms with Crippen LogP contribution in [0.3, 0.4) is 0 Å². The molecule has 0 unspecified atom stereocenters. The van der Waals surface area contributed by atoms with Crippen LogP contribution in [0.25, 0.3) is 16.8 Å². The molecule has 0 spiro atoms. The van der Waals surface area contributed by atoms with Gasteiger partial charge in [-0.05, 0) is 46.7 Å². The van der Waals surface area contributed by atoms with Gasteiger partial charge in [0.1, 0.15) is 11.5 Å². The molecule has 0 heterocycles. The molecule has 0 aliphatic heterocycles. The van der Waals surface area contributed by atoms with Crippen LogP contribution in [-0.4, -0.2) is 16.0 Å². The van der Waals surface area contributed by atoms with Gasteiger partial charge >= 0.3 is 0 Å². The quantitative estimate of drug-likeness (QED) is 0.433. The summed E-state index contributed by atoms with van der Waals surface area (Å²) in [6.45, 7) is 0. The van der Waals surface area contributed by atoms with E-state index in [4.69, 9.17) is 0 Å². The maximum absolute atomic E-state index is 12.1. The van der Waals surface area contributed by atoms with Crippen molar-refractivity contribution in [2.24, 2.45) is 0 Å². The maximum atomic E-state index is 12.1. The highest BCUT2D eigenvalue weighted by atomic mass is 16.3. The number of phenols is 2. The minimum absolute atomic E-state index is 0.0553. The molecule has 0 saturated carbocycles. The van der Waals surface area contributed by atoms with Crippen LogP contribution < -0.4 is 0 Å². The van der Waals surface area contributed by atoms with Gasteiger partial charge in [-0.1, -0.05) is 42.5 Å². The Hall–Kier alpha value is -3.07. The summed E-state index contributed by atoms with van der Waals surface area (Å²) in [6.07, 6.45) is 3.08. The lowest BCUT2D eigenvalue weighted by Crippen LogP contribution is -1.94.